The van der Waals surface area contributed by atoms with Gasteiger partial charge in [0.1, 0.15) is 11.3 Å². The van der Waals surface area contributed by atoms with Gasteiger partial charge in [-0.2, -0.15) is 0 Å². The molecule has 6 heteroatoms. The van der Waals surface area contributed by atoms with Gasteiger partial charge in [0, 0.05) is 15.7 Å². The van der Waals surface area contributed by atoms with Crippen molar-refractivity contribution < 1.29 is 14.6 Å². The monoisotopic (exact) mass is 286 g/mol. The van der Waals surface area contributed by atoms with E-state index in [0.717, 1.165) is 15.9 Å². The van der Waals surface area contributed by atoms with E-state index in [-0.39, 0.29) is 5.56 Å². The zero-order valence-corrected chi connectivity index (χ0v) is 10.8. The standard InChI is InChI=1S/C11H7ClO3S2/c12-17-8-3-1-7(2-4-8)15-10-6-16-5-9(10)11(13)14/h1-6H,(H,13,14). The maximum atomic E-state index is 10.9. The van der Waals surface area contributed by atoms with Crippen LogP contribution in [0.1, 0.15) is 10.4 Å². The van der Waals surface area contributed by atoms with E-state index >= 15 is 0 Å². The first-order chi connectivity index (χ1) is 8.20. The molecule has 1 heterocycles. The van der Waals surface area contributed by atoms with E-state index in [1.807, 2.05) is 0 Å². The number of hydrogen-bond acceptors (Lipinski definition) is 4. The van der Waals surface area contributed by atoms with Crippen LogP contribution in [0.3, 0.4) is 0 Å². The highest BCUT2D eigenvalue weighted by Crippen LogP contribution is 2.30. The van der Waals surface area contributed by atoms with Crippen molar-refractivity contribution >= 4 is 39.0 Å². The summed E-state index contributed by atoms with van der Waals surface area (Å²) < 4.78 is 5.49. The molecule has 1 aromatic carbocycles. The minimum Gasteiger partial charge on any atom is -0.478 e. The lowest BCUT2D eigenvalue weighted by Crippen LogP contribution is -1.96. The van der Waals surface area contributed by atoms with E-state index in [1.165, 1.54) is 11.3 Å². The molecule has 3 nitrogen and oxygen atoms in total. The third-order valence-corrected chi connectivity index (χ3v) is 3.70. The fourth-order valence-electron chi connectivity index (χ4n) is 1.21. The Morgan fingerprint density at radius 1 is 1.29 bits per heavy atom. The number of hydrogen-bond donors (Lipinski definition) is 1. The highest BCUT2D eigenvalue weighted by Gasteiger charge is 2.12. The van der Waals surface area contributed by atoms with Crippen LogP contribution in [0.4, 0.5) is 0 Å². The van der Waals surface area contributed by atoms with Crippen molar-refractivity contribution in [2.75, 3.05) is 0 Å². The Bertz CT molecular complexity index is 522. The van der Waals surface area contributed by atoms with E-state index in [0.29, 0.717) is 11.5 Å². The van der Waals surface area contributed by atoms with Crippen LogP contribution in [-0.4, -0.2) is 11.1 Å². The Labute approximate surface area is 110 Å². The largest absolute Gasteiger partial charge is 0.478 e. The van der Waals surface area contributed by atoms with Gasteiger partial charge in [-0.3, -0.25) is 0 Å². The van der Waals surface area contributed by atoms with Gasteiger partial charge in [-0.15, -0.1) is 11.3 Å². The zero-order valence-electron chi connectivity index (χ0n) is 8.42. The van der Waals surface area contributed by atoms with Crippen molar-refractivity contribution in [2.24, 2.45) is 0 Å². The van der Waals surface area contributed by atoms with Gasteiger partial charge in [0.15, 0.2) is 5.75 Å². The third-order valence-electron chi connectivity index (χ3n) is 2.00. The molecule has 0 radical (unpaired) electrons. The highest BCUT2D eigenvalue weighted by molar-refractivity contribution is 8.21. The van der Waals surface area contributed by atoms with Crippen LogP contribution in [0.5, 0.6) is 11.5 Å². The number of carboxylic acid groups (broad SMARTS) is 1. The highest BCUT2D eigenvalue weighted by atomic mass is 35.7. The summed E-state index contributed by atoms with van der Waals surface area (Å²) in [5, 5.41) is 12.1. The molecule has 0 aliphatic heterocycles. The predicted molar refractivity (Wildman–Crippen MR) is 69.5 cm³/mol. The molecule has 0 saturated heterocycles. The minimum absolute atomic E-state index is 0.172. The Kier molecular flexibility index (Phi) is 3.93. The summed E-state index contributed by atoms with van der Waals surface area (Å²) in [7, 11) is 6.71. The van der Waals surface area contributed by atoms with Crippen molar-refractivity contribution in [1.82, 2.24) is 0 Å². The molecule has 17 heavy (non-hydrogen) atoms. The molecule has 0 atom stereocenters. The summed E-state index contributed by atoms with van der Waals surface area (Å²) in [5.41, 5.74) is 0.172. The molecule has 1 aromatic heterocycles. The second-order valence-corrected chi connectivity index (χ2v) is 4.94. The van der Waals surface area contributed by atoms with E-state index in [9.17, 15) is 4.79 Å². The van der Waals surface area contributed by atoms with E-state index in [2.05, 4.69) is 0 Å². The molecule has 88 valence electrons. The van der Waals surface area contributed by atoms with Gasteiger partial charge in [0.25, 0.3) is 0 Å². The fourth-order valence-corrected chi connectivity index (χ4v) is 2.47. The smallest absolute Gasteiger partial charge is 0.340 e. The predicted octanol–water partition coefficient (Wildman–Crippen LogP) is 4.48. The Morgan fingerprint density at radius 3 is 2.59 bits per heavy atom. The van der Waals surface area contributed by atoms with Crippen LogP contribution in [0, 0.1) is 0 Å². The molecule has 0 spiro atoms. The lowest BCUT2D eigenvalue weighted by molar-refractivity contribution is 0.0695. The van der Waals surface area contributed by atoms with Crippen LogP contribution in [0.15, 0.2) is 39.9 Å². The first kappa shape index (κ1) is 12.3. The second kappa shape index (κ2) is 5.44. The molecular weight excluding hydrogens is 280 g/mol. The number of halogens is 1. The van der Waals surface area contributed by atoms with E-state index < -0.39 is 5.97 Å². The molecule has 0 unspecified atom stereocenters. The molecule has 0 aliphatic carbocycles. The van der Waals surface area contributed by atoms with Crippen LogP contribution < -0.4 is 4.74 Å². The van der Waals surface area contributed by atoms with Crippen molar-refractivity contribution in [2.45, 2.75) is 4.90 Å². The Balaban J connectivity index is 2.19. The molecule has 2 rings (SSSR count). The maximum absolute atomic E-state index is 10.9. The SMILES string of the molecule is O=C(O)c1cscc1Oc1ccc(SCl)cc1. The van der Waals surface area contributed by atoms with Gasteiger partial charge in [0.05, 0.1) is 0 Å². The van der Waals surface area contributed by atoms with Crippen molar-refractivity contribution in [3.05, 3.63) is 40.6 Å². The van der Waals surface area contributed by atoms with Crippen LogP contribution in [0.25, 0.3) is 0 Å². The van der Waals surface area contributed by atoms with Crippen molar-refractivity contribution in [1.29, 1.82) is 0 Å². The molecule has 0 aliphatic rings. The first-order valence-electron chi connectivity index (χ1n) is 4.56. The van der Waals surface area contributed by atoms with Gasteiger partial charge < -0.3 is 9.84 Å². The lowest BCUT2D eigenvalue weighted by Gasteiger charge is -2.05. The molecule has 0 bridgehead atoms. The Morgan fingerprint density at radius 2 is 2.00 bits per heavy atom. The first-order valence-corrected chi connectivity index (χ1v) is 7.15. The number of carboxylic acids is 1. The van der Waals surface area contributed by atoms with Crippen LogP contribution in [-0.2, 0) is 0 Å². The van der Waals surface area contributed by atoms with E-state index in [4.69, 9.17) is 20.5 Å². The quantitative estimate of drug-likeness (QED) is 0.900. The fraction of sp³-hybridized carbons (Fsp3) is 0. The van der Waals surface area contributed by atoms with Gasteiger partial charge in [-0.1, -0.05) is 0 Å². The van der Waals surface area contributed by atoms with Crippen LogP contribution in [0.2, 0.25) is 0 Å². The number of ether oxygens (including phenoxy) is 1. The van der Waals surface area contributed by atoms with Gasteiger partial charge in [-0.05, 0) is 45.9 Å². The Hall–Kier alpha value is -1.17. The van der Waals surface area contributed by atoms with Crippen molar-refractivity contribution in [3.63, 3.8) is 0 Å². The third kappa shape index (κ3) is 2.94. The van der Waals surface area contributed by atoms with E-state index in [1.54, 1.807) is 35.0 Å². The molecule has 0 amide bonds. The number of carbonyl (C=O) groups is 1. The molecule has 0 fully saturated rings. The molecule has 1 N–H and O–H groups in total. The van der Waals surface area contributed by atoms with Crippen LogP contribution >= 0.6 is 33.0 Å². The average Bonchev–Trinajstić information content (AvgIpc) is 2.78. The average molecular weight is 287 g/mol. The summed E-state index contributed by atoms with van der Waals surface area (Å²) in [6.45, 7) is 0. The minimum atomic E-state index is -0.991. The van der Waals surface area contributed by atoms with Crippen molar-refractivity contribution in [3.8, 4) is 11.5 Å². The summed E-state index contributed by atoms with van der Waals surface area (Å²) >= 11 is 1.29. The zero-order chi connectivity index (χ0) is 12.3. The summed E-state index contributed by atoms with van der Waals surface area (Å²) in [6, 6.07) is 7.10. The number of benzene rings is 1. The summed E-state index contributed by atoms with van der Waals surface area (Å²) in [5.74, 6) is -0.0525. The lowest BCUT2D eigenvalue weighted by atomic mass is 10.3. The molecule has 2 aromatic rings. The summed E-state index contributed by atoms with van der Waals surface area (Å²) in [6.07, 6.45) is 0. The maximum Gasteiger partial charge on any atom is 0.340 e. The number of rotatable bonds is 4. The topological polar surface area (TPSA) is 46.5 Å². The second-order valence-electron chi connectivity index (χ2n) is 3.11. The van der Waals surface area contributed by atoms with Gasteiger partial charge in [-0.25, -0.2) is 4.79 Å². The molecule has 0 saturated carbocycles. The summed E-state index contributed by atoms with van der Waals surface area (Å²) in [4.78, 5) is 11.8. The molecular formula is C11H7ClO3S2. The normalized spacial score (nSPS) is 10.2. The number of aromatic carboxylic acids is 1. The van der Waals surface area contributed by atoms with Gasteiger partial charge >= 0.3 is 5.97 Å². The number of thiophene rings is 1. The van der Waals surface area contributed by atoms with Gasteiger partial charge in [0.2, 0.25) is 0 Å².